The molecule has 4 heterocycles. The summed E-state index contributed by atoms with van der Waals surface area (Å²) < 4.78 is 19.9. The molecule has 2 saturated heterocycles. The van der Waals surface area contributed by atoms with Gasteiger partial charge in [0.05, 0.1) is 0 Å². The molecule has 4 atom stereocenters. The molecule has 0 unspecified atom stereocenters. The first-order chi connectivity index (χ1) is 10.5. The van der Waals surface area contributed by atoms with Gasteiger partial charge in [-0.25, -0.2) is 0 Å². The Kier molecular flexibility index (Phi) is 3.31. The van der Waals surface area contributed by atoms with Crippen molar-refractivity contribution < 1.29 is 16.0 Å². The van der Waals surface area contributed by atoms with Gasteiger partial charge in [0.15, 0.2) is 0 Å². The van der Waals surface area contributed by atoms with Crippen LogP contribution in [0.5, 0.6) is 0 Å². The monoisotopic (exact) mass is 415 g/mol. The fraction of sp³-hybridized carbons (Fsp3) is 0.583. The average Bonchev–Trinajstić information content (AvgIpc) is 3.10. The molecule has 10 heteroatoms. The van der Waals surface area contributed by atoms with E-state index in [2.05, 4.69) is 15.0 Å². The maximum atomic E-state index is 9.55. The predicted molar refractivity (Wildman–Crippen MR) is 78.0 cm³/mol. The molecule has 0 spiro atoms. The summed E-state index contributed by atoms with van der Waals surface area (Å²) in [5, 5.41) is 9.55. The standard InChI is InChI=1S/C10H11N5O4.2CH3.Sn/c11-8-5-9(13-2-12-8)15(3-14-5)10-7(18)6(17)4(1-16)19-10;;;/h2-4,6-7,10,16H,1H2,(H2,11,12,13);2*1H3;/q-2;;;+2/t4-,6+,7-,10-;;;/m0.../s1. The van der Waals surface area contributed by atoms with Crippen LogP contribution in [0.2, 0.25) is 9.88 Å². The van der Waals surface area contributed by atoms with Gasteiger partial charge in [-0.1, -0.05) is 0 Å². The number of aliphatic hydroxyl groups is 1. The number of hydrogen-bond acceptors (Lipinski definition) is 8. The van der Waals surface area contributed by atoms with Crippen LogP contribution < -0.4 is 5.73 Å². The first-order valence-electron chi connectivity index (χ1n) is 7.05. The van der Waals surface area contributed by atoms with Crippen LogP contribution in [0.1, 0.15) is 6.23 Å². The maximum absolute atomic E-state index is 9.55. The summed E-state index contributed by atoms with van der Waals surface area (Å²) >= 11 is -2.97. The van der Waals surface area contributed by atoms with Gasteiger partial charge in [0.2, 0.25) is 0 Å². The van der Waals surface area contributed by atoms with E-state index in [4.69, 9.17) is 16.6 Å². The van der Waals surface area contributed by atoms with Crippen LogP contribution in [-0.2, 0) is 10.9 Å². The molecule has 9 nitrogen and oxygen atoms in total. The molecule has 0 aliphatic carbocycles. The van der Waals surface area contributed by atoms with Crippen LogP contribution in [0.25, 0.3) is 11.2 Å². The number of ether oxygens (including phenoxy) is 1. The number of nitrogens with zero attached hydrogens (tertiary/aromatic N) is 4. The number of aromatic nitrogens is 4. The molecule has 0 radical (unpaired) electrons. The first-order valence-corrected chi connectivity index (χ1v) is 15.1. The summed E-state index contributed by atoms with van der Waals surface area (Å²) in [6.45, 7) is -0.118. The Morgan fingerprint density at radius 1 is 1.27 bits per heavy atom. The van der Waals surface area contributed by atoms with Crippen LogP contribution in [0.15, 0.2) is 12.7 Å². The number of fused-ring (bicyclic) bond motifs is 2. The Morgan fingerprint density at radius 2 is 2.05 bits per heavy atom. The summed E-state index contributed by atoms with van der Waals surface area (Å²) in [5.74, 6) is 0.320. The van der Waals surface area contributed by atoms with Gasteiger partial charge in [-0.15, -0.1) is 0 Å². The minimum atomic E-state index is -2.97. The molecule has 2 aromatic heterocycles. The number of aliphatic hydroxyl groups excluding tert-OH is 1. The Balaban J connectivity index is 1.77. The van der Waals surface area contributed by atoms with Crippen molar-refractivity contribution in [3.63, 3.8) is 0 Å². The van der Waals surface area contributed by atoms with Crippen molar-refractivity contribution in [3.05, 3.63) is 12.7 Å². The second kappa shape index (κ2) is 4.99. The number of hydrogen-bond donors (Lipinski definition) is 2. The molecule has 2 aromatic rings. The van der Waals surface area contributed by atoms with E-state index in [1.165, 1.54) is 6.33 Å². The van der Waals surface area contributed by atoms with Gasteiger partial charge in [0, 0.05) is 0 Å². The summed E-state index contributed by atoms with van der Waals surface area (Å²) in [6.07, 6.45) is 1.63. The van der Waals surface area contributed by atoms with Gasteiger partial charge >= 0.3 is 131 Å². The number of anilines is 1. The molecule has 2 fully saturated rings. The van der Waals surface area contributed by atoms with Crippen LogP contribution in [0.4, 0.5) is 5.82 Å². The minimum absolute atomic E-state index is 0.118. The number of nitrogens with two attached hydrogens (primary N) is 1. The van der Waals surface area contributed by atoms with Crippen molar-refractivity contribution in [2.24, 2.45) is 0 Å². The van der Waals surface area contributed by atoms with Crippen molar-refractivity contribution in [2.45, 2.75) is 34.4 Å². The zero-order valence-corrected chi connectivity index (χ0v) is 15.1. The van der Waals surface area contributed by atoms with Gasteiger partial charge < -0.3 is 0 Å². The SMILES string of the molecule is [CH3][Sn]1([CH3])[O][C@H]2[C@H]([O]1)[C@@H](n1cnc3c(N)ncnc31)O[C@H]2CO. The van der Waals surface area contributed by atoms with Gasteiger partial charge in [-0.2, -0.15) is 0 Å². The van der Waals surface area contributed by atoms with Gasteiger partial charge in [-0.05, 0) is 0 Å². The molecule has 22 heavy (non-hydrogen) atoms. The normalized spacial score (nSPS) is 33.4. The molecule has 0 aromatic carbocycles. The summed E-state index contributed by atoms with van der Waals surface area (Å²) in [4.78, 5) is 16.5. The van der Waals surface area contributed by atoms with Gasteiger partial charge in [-0.3, -0.25) is 0 Å². The van der Waals surface area contributed by atoms with E-state index in [0.29, 0.717) is 17.0 Å². The molecule has 0 saturated carbocycles. The van der Waals surface area contributed by atoms with Crippen molar-refractivity contribution in [3.8, 4) is 0 Å². The van der Waals surface area contributed by atoms with Crippen molar-refractivity contribution >= 4 is 36.2 Å². The molecule has 2 aliphatic heterocycles. The Hall–Kier alpha value is -1.01. The van der Waals surface area contributed by atoms with E-state index in [0.717, 1.165) is 0 Å². The zero-order valence-electron chi connectivity index (χ0n) is 12.2. The second-order valence-corrected chi connectivity index (χ2v) is 15.2. The molecule has 2 aliphatic rings. The third kappa shape index (κ3) is 2.11. The fourth-order valence-corrected chi connectivity index (χ4v) is 8.52. The van der Waals surface area contributed by atoms with Crippen LogP contribution in [-0.4, -0.2) is 68.7 Å². The summed E-state index contributed by atoms with van der Waals surface area (Å²) in [7, 11) is 0. The molecule has 0 bridgehead atoms. The fourth-order valence-electron chi connectivity index (χ4n) is 3.09. The van der Waals surface area contributed by atoms with E-state index in [1.807, 2.05) is 9.88 Å². The Bertz CT molecular complexity index is 723. The third-order valence-corrected chi connectivity index (χ3v) is 8.76. The van der Waals surface area contributed by atoms with E-state index in [-0.39, 0.29) is 18.8 Å². The number of imidazole rings is 1. The van der Waals surface area contributed by atoms with Crippen LogP contribution in [0.3, 0.4) is 0 Å². The molecular formula is C12H17N5O4Sn. The van der Waals surface area contributed by atoms with Crippen molar-refractivity contribution in [2.75, 3.05) is 12.3 Å². The molecular weight excluding hydrogens is 397 g/mol. The van der Waals surface area contributed by atoms with E-state index in [1.54, 1.807) is 10.9 Å². The quantitative estimate of drug-likeness (QED) is 0.649. The zero-order chi connectivity index (χ0) is 15.5. The summed E-state index contributed by atoms with van der Waals surface area (Å²) in [5.41, 5.74) is 6.92. The van der Waals surface area contributed by atoms with Gasteiger partial charge in [0.1, 0.15) is 0 Å². The first kappa shape index (κ1) is 14.6. The molecule has 118 valence electrons. The number of rotatable bonds is 2. The predicted octanol–water partition coefficient (Wildman–Crippen LogP) is -0.216. The third-order valence-electron chi connectivity index (χ3n) is 3.97. The van der Waals surface area contributed by atoms with Crippen LogP contribution in [0, 0.1) is 0 Å². The van der Waals surface area contributed by atoms with Crippen molar-refractivity contribution in [1.82, 2.24) is 19.5 Å². The van der Waals surface area contributed by atoms with Crippen LogP contribution >= 0.6 is 0 Å². The number of nitrogen functional groups attached to an aromatic ring is 1. The average molecular weight is 414 g/mol. The Labute approximate surface area is 131 Å². The Morgan fingerprint density at radius 3 is 2.82 bits per heavy atom. The van der Waals surface area contributed by atoms with E-state index in [9.17, 15) is 5.11 Å². The summed E-state index contributed by atoms with van der Waals surface area (Å²) in [6, 6.07) is 0. The topological polar surface area (TPSA) is 118 Å². The molecule has 4 rings (SSSR count). The van der Waals surface area contributed by atoms with E-state index < -0.39 is 31.5 Å². The second-order valence-electron chi connectivity index (χ2n) is 5.90. The van der Waals surface area contributed by atoms with Gasteiger partial charge in [0.25, 0.3) is 0 Å². The van der Waals surface area contributed by atoms with E-state index >= 15 is 0 Å². The van der Waals surface area contributed by atoms with Crippen molar-refractivity contribution in [1.29, 1.82) is 0 Å². The molecule has 0 amide bonds. The molecule has 3 N–H and O–H groups in total.